The summed E-state index contributed by atoms with van der Waals surface area (Å²) in [6.07, 6.45) is 5.18. The van der Waals surface area contributed by atoms with Crippen LogP contribution >= 0.6 is 0 Å². The van der Waals surface area contributed by atoms with E-state index < -0.39 is 5.79 Å². The molecule has 0 bridgehead atoms. The lowest BCUT2D eigenvalue weighted by Gasteiger charge is -2.39. The van der Waals surface area contributed by atoms with Crippen molar-refractivity contribution >= 4 is 5.91 Å². The molecule has 222 valence electrons. The van der Waals surface area contributed by atoms with E-state index in [0.717, 1.165) is 82.7 Å². The Labute approximate surface area is 249 Å². The van der Waals surface area contributed by atoms with E-state index in [4.69, 9.17) is 19.2 Å². The predicted molar refractivity (Wildman–Crippen MR) is 163 cm³/mol. The van der Waals surface area contributed by atoms with Crippen LogP contribution in [-0.2, 0) is 19.6 Å². The molecule has 1 unspecified atom stereocenters. The monoisotopic (exact) mass is 569 g/mol. The molecule has 42 heavy (non-hydrogen) atoms. The van der Waals surface area contributed by atoms with E-state index in [-0.39, 0.29) is 5.91 Å². The topological polar surface area (TPSA) is 64.1 Å². The molecule has 3 aliphatic rings. The van der Waals surface area contributed by atoms with Gasteiger partial charge in [0.1, 0.15) is 6.61 Å². The van der Waals surface area contributed by atoms with Crippen molar-refractivity contribution in [1.82, 2.24) is 14.8 Å². The molecule has 6 rings (SSSR count). The molecule has 0 saturated heterocycles. The molecule has 1 aromatic heterocycles. The number of carbonyl (C=O) groups is 1. The number of aryl methyl sites for hydroxylation is 2. The van der Waals surface area contributed by atoms with Gasteiger partial charge < -0.3 is 24.0 Å². The van der Waals surface area contributed by atoms with Crippen molar-refractivity contribution in [3.05, 3.63) is 81.5 Å². The average Bonchev–Trinajstić information content (AvgIpc) is 3.33. The standard InChI is InChI=1S/C35H43N3O4/c1-22-18-23(2)36-33(40-21-25-10-8-7-9-11-25)29(22)20-38-17-16-26-19-30-32(24(3)31(26)34(38)39)42-35(4,41-30)27-12-14-28(15-13-27)37(5)6/h7-11,18-19,27-28H,12-17,20-21H2,1-6H3/t27-,28-,35?. The molecular weight excluding hydrogens is 526 g/mol. The number of amides is 1. The summed E-state index contributed by atoms with van der Waals surface area (Å²) in [6, 6.07) is 14.8. The smallest absolute Gasteiger partial charge is 0.254 e. The minimum absolute atomic E-state index is 0.0224. The number of benzene rings is 2. The molecule has 1 amide bonds. The third-order valence-electron chi connectivity index (χ3n) is 9.51. The normalized spacial score (nSPS) is 23.3. The maximum absolute atomic E-state index is 14.0. The Morgan fingerprint density at radius 2 is 1.79 bits per heavy atom. The number of pyridine rings is 1. The first-order chi connectivity index (χ1) is 20.1. The number of rotatable bonds is 7. The summed E-state index contributed by atoms with van der Waals surface area (Å²) in [7, 11) is 4.32. The van der Waals surface area contributed by atoms with Gasteiger partial charge in [0.05, 0.1) is 6.54 Å². The van der Waals surface area contributed by atoms with E-state index in [1.165, 1.54) is 0 Å². The van der Waals surface area contributed by atoms with Crippen molar-refractivity contribution < 1.29 is 19.0 Å². The lowest BCUT2D eigenvalue weighted by Crippen LogP contribution is -2.46. The first-order valence-electron chi connectivity index (χ1n) is 15.3. The Balaban J connectivity index is 1.22. The lowest BCUT2D eigenvalue weighted by molar-refractivity contribution is -0.123. The van der Waals surface area contributed by atoms with Crippen LogP contribution < -0.4 is 14.2 Å². The van der Waals surface area contributed by atoms with Crippen molar-refractivity contribution in [2.24, 2.45) is 5.92 Å². The number of hydrogen-bond acceptors (Lipinski definition) is 6. The third-order valence-corrected chi connectivity index (χ3v) is 9.51. The van der Waals surface area contributed by atoms with Crippen LogP contribution in [0.3, 0.4) is 0 Å². The molecule has 2 aliphatic heterocycles. The van der Waals surface area contributed by atoms with Gasteiger partial charge in [0, 0.05) is 47.8 Å². The van der Waals surface area contributed by atoms with E-state index in [1.807, 2.05) is 49.1 Å². The van der Waals surface area contributed by atoms with Gasteiger partial charge in [0.25, 0.3) is 11.7 Å². The minimum atomic E-state index is -0.702. The SMILES string of the molecule is Cc1cc(C)c(CN2CCc3cc4c(c(C)c3C2=O)OC(C)([C@H]2CC[C@H](N(C)C)CC2)O4)c(OCc2ccccc2)n1. The van der Waals surface area contributed by atoms with Gasteiger partial charge in [0.2, 0.25) is 5.88 Å². The summed E-state index contributed by atoms with van der Waals surface area (Å²) >= 11 is 0. The van der Waals surface area contributed by atoms with Crippen LogP contribution in [0.5, 0.6) is 17.4 Å². The molecule has 3 heterocycles. The second kappa shape index (κ2) is 11.3. The van der Waals surface area contributed by atoms with Crippen LogP contribution in [0.4, 0.5) is 0 Å². The van der Waals surface area contributed by atoms with Gasteiger partial charge in [-0.25, -0.2) is 4.98 Å². The van der Waals surface area contributed by atoms with Crippen molar-refractivity contribution in [3.8, 4) is 17.4 Å². The molecule has 3 aromatic rings. The molecule has 1 fully saturated rings. The van der Waals surface area contributed by atoms with E-state index in [0.29, 0.717) is 37.5 Å². The molecule has 2 aromatic carbocycles. The van der Waals surface area contributed by atoms with Gasteiger partial charge in [-0.1, -0.05) is 30.3 Å². The summed E-state index contributed by atoms with van der Waals surface area (Å²) < 4.78 is 19.4. The number of ether oxygens (including phenoxy) is 3. The molecule has 1 aliphatic carbocycles. The highest BCUT2D eigenvalue weighted by molar-refractivity contribution is 5.99. The maximum atomic E-state index is 14.0. The lowest BCUT2D eigenvalue weighted by atomic mass is 9.81. The summed E-state index contributed by atoms with van der Waals surface area (Å²) in [6.45, 7) is 9.62. The summed E-state index contributed by atoms with van der Waals surface area (Å²) in [5.74, 6) is 1.73. The minimum Gasteiger partial charge on any atom is -0.473 e. The van der Waals surface area contributed by atoms with Crippen LogP contribution in [-0.4, -0.2) is 53.2 Å². The molecular formula is C35H43N3O4. The molecule has 7 heteroatoms. The Kier molecular flexibility index (Phi) is 7.64. The number of carbonyl (C=O) groups excluding carboxylic acids is 1. The molecule has 1 saturated carbocycles. The zero-order valence-electron chi connectivity index (χ0n) is 25.8. The predicted octanol–water partition coefficient (Wildman–Crippen LogP) is 6.39. The van der Waals surface area contributed by atoms with Crippen molar-refractivity contribution in [2.45, 2.75) is 84.8 Å². The Morgan fingerprint density at radius 3 is 2.50 bits per heavy atom. The number of aromatic nitrogens is 1. The summed E-state index contributed by atoms with van der Waals surface area (Å²) in [5, 5.41) is 0. The van der Waals surface area contributed by atoms with Crippen molar-refractivity contribution in [2.75, 3.05) is 20.6 Å². The highest BCUT2D eigenvalue weighted by Gasteiger charge is 2.47. The largest absolute Gasteiger partial charge is 0.473 e. The first-order valence-corrected chi connectivity index (χ1v) is 15.3. The fourth-order valence-electron chi connectivity index (χ4n) is 6.98. The van der Waals surface area contributed by atoms with Gasteiger partial charge in [-0.05, 0) is 95.8 Å². The van der Waals surface area contributed by atoms with Gasteiger partial charge in [0.15, 0.2) is 11.5 Å². The third kappa shape index (κ3) is 5.35. The Morgan fingerprint density at radius 1 is 1.05 bits per heavy atom. The van der Waals surface area contributed by atoms with Gasteiger partial charge >= 0.3 is 0 Å². The van der Waals surface area contributed by atoms with Crippen LogP contribution in [0, 0.1) is 26.7 Å². The zero-order chi connectivity index (χ0) is 29.6. The van der Waals surface area contributed by atoms with Crippen LogP contribution in [0.1, 0.15) is 76.5 Å². The summed E-state index contributed by atoms with van der Waals surface area (Å²) in [4.78, 5) is 23.0. The average molecular weight is 570 g/mol. The summed E-state index contributed by atoms with van der Waals surface area (Å²) in [5.41, 5.74) is 6.67. The Bertz CT molecular complexity index is 1480. The second-order valence-electron chi connectivity index (χ2n) is 12.7. The van der Waals surface area contributed by atoms with E-state index in [1.54, 1.807) is 0 Å². The first kappa shape index (κ1) is 28.5. The van der Waals surface area contributed by atoms with Crippen LogP contribution in [0.25, 0.3) is 0 Å². The second-order valence-corrected chi connectivity index (χ2v) is 12.7. The Hall–Kier alpha value is -3.58. The molecule has 0 spiro atoms. The quantitative estimate of drug-likeness (QED) is 0.329. The highest BCUT2D eigenvalue weighted by atomic mass is 16.7. The molecule has 1 atom stereocenters. The van der Waals surface area contributed by atoms with Gasteiger partial charge in [-0.3, -0.25) is 4.79 Å². The van der Waals surface area contributed by atoms with Crippen molar-refractivity contribution in [3.63, 3.8) is 0 Å². The zero-order valence-corrected chi connectivity index (χ0v) is 25.8. The van der Waals surface area contributed by atoms with Crippen LogP contribution in [0.15, 0.2) is 42.5 Å². The van der Waals surface area contributed by atoms with E-state index in [9.17, 15) is 4.79 Å². The number of nitrogens with zero attached hydrogens (tertiary/aromatic N) is 3. The van der Waals surface area contributed by atoms with Gasteiger partial charge in [-0.2, -0.15) is 0 Å². The fourth-order valence-corrected chi connectivity index (χ4v) is 6.98. The highest BCUT2D eigenvalue weighted by Crippen LogP contribution is 2.50. The molecule has 0 N–H and O–H groups in total. The molecule has 7 nitrogen and oxygen atoms in total. The van der Waals surface area contributed by atoms with E-state index in [2.05, 4.69) is 45.0 Å². The fraction of sp³-hybridized carbons (Fsp3) is 0.486. The van der Waals surface area contributed by atoms with E-state index >= 15 is 0 Å². The molecule has 0 radical (unpaired) electrons. The number of fused-ring (bicyclic) bond motifs is 2. The number of hydrogen-bond donors (Lipinski definition) is 0. The van der Waals surface area contributed by atoms with Crippen molar-refractivity contribution in [1.29, 1.82) is 0 Å². The van der Waals surface area contributed by atoms with Gasteiger partial charge in [-0.15, -0.1) is 0 Å². The van der Waals surface area contributed by atoms with Crippen LogP contribution in [0.2, 0.25) is 0 Å². The maximum Gasteiger partial charge on any atom is 0.254 e.